The van der Waals surface area contributed by atoms with E-state index in [1.54, 1.807) is 6.92 Å². The van der Waals surface area contributed by atoms with Crippen LogP contribution in [0.4, 0.5) is 0 Å². The van der Waals surface area contributed by atoms with Crippen LogP contribution < -0.4 is 10.6 Å². The zero-order chi connectivity index (χ0) is 16.1. The van der Waals surface area contributed by atoms with Gasteiger partial charge in [-0.05, 0) is 19.8 Å². The van der Waals surface area contributed by atoms with E-state index in [2.05, 4.69) is 15.8 Å². The van der Waals surface area contributed by atoms with Crippen LogP contribution in [0.15, 0.2) is 4.52 Å². The second-order valence-electron chi connectivity index (χ2n) is 6.25. The van der Waals surface area contributed by atoms with Crippen LogP contribution in [0.25, 0.3) is 0 Å². The maximum Gasteiger partial charge on any atom is 0.257 e. The van der Waals surface area contributed by atoms with Gasteiger partial charge >= 0.3 is 0 Å². The summed E-state index contributed by atoms with van der Waals surface area (Å²) in [6.07, 6.45) is 5.63. The number of nitrogens with zero attached hydrogens (tertiary/aromatic N) is 1. The smallest absolute Gasteiger partial charge is 0.257 e. The van der Waals surface area contributed by atoms with Crippen LogP contribution >= 0.6 is 0 Å². The fourth-order valence-corrected chi connectivity index (χ4v) is 2.83. The van der Waals surface area contributed by atoms with Gasteiger partial charge in [0.15, 0.2) is 5.76 Å². The average Bonchev–Trinajstić information content (AvgIpc) is 2.88. The van der Waals surface area contributed by atoms with Crippen molar-refractivity contribution in [2.75, 3.05) is 6.54 Å². The molecule has 122 valence electrons. The van der Waals surface area contributed by atoms with Gasteiger partial charge in [-0.3, -0.25) is 9.59 Å². The number of aromatic nitrogens is 1. The van der Waals surface area contributed by atoms with Crippen LogP contribution in [-0.2, 0) is 4.79 Å². The largest absolute Gasteiger partial charge is 0.360 e. The first-order valence-electron chi connectivity index (χ1n) is 8.02. The van der Waals surface area contributed by atoms with Crippen molar-refractivity contribution in [2.24, 2.45) is 0 Å². The van der Waals surface area contributed by atoms with Gasteiger partial charge in [-0.1, -0.05) is 38.3 Å². The lowest BCUT2D eigenvalue weighted by Gasteiger charge is -2.22. The molecule has 1 aliphatic rings. The fraction of sp³-hybridized carbons (Fsp3) is 0.688. The van der Waals surface area contributed by atoms with E-state index in [0.29, 0.717) is 17.0 Å². The van der Waals surface area contributed by atoms with Crippen molar-refractivity contribution in [3.05, 3.63) is 17.0 Å². The van der Waals surface area contributed by atoms with Gasteiger partial charge in [-0.2, -0.15) is 0 Å². The van der Waals surface area contributed by atoms with Gasteiger partial charge in [0.1, 0.15) is 5.56 Å². The van der Waals surface area contributed by atoms with Crippen molar-refractivity contribution >= 4 is 11.8 Å². The van der Waals surface area contributed by atoms with Gasteiger partial charge in [0.2, 0.25) is 5.91 Å². The van der Waals surface area contributed by atoms with E-state index < -0.39 is 0 Å². The Morgan fingerprint density at radius 3 is 2.59 bits per heavy atom. The third-order valence-corrected chi connectivity index (χ3v) is 4.02. The van der Waals surface area contributed by atoms with E-state index in [4.69, 9.17) is 4.52 Å². The van der Waals surface area contributed by atoms with Crippen LogP contribution in [0.5, 0.6) is 0 Å². The molecule has 2 N–H and O–H groups in total. The number of carbonyl (C=O) groups is 2. The number of aryl methyl sites for hydroxylation is 1. The Bertz CT molecular complexity index is 531. The van der Waals surface area contributed by atoms with Gasteiger partial charge in [-0.15, -0.1) is 0 Å². The molecule has 0 radical (unpaired) electrons. The lowest BCUT2D eigenvalue weighted by molar-refractivity contribution is -0.121. The van der Waals surface area contributed by atoms with Crippen molar-refractivity contribution in [3.63, 3.8) is 0 Å². The standard InChI is InChI=1S/C16H25N3O3/c1-10(2)15-14(11(3)19-22-15)16(21)17-9-13(20)18-12-7-5-4-6-8-12/h10,12H,4-9H2,1-3H3,(H,17,21)(H,18,20). The number of amides is 2. The highest BCUT2D eigenvalue weighted by Crippen LogP contribution is 2.22. The summed E-state index contributed by atoms with van der Waals surface area (Å²) in [5.41, 5.74) is 0.995. The minimum atomic E-state index is -0.304. The Balaban J connectivity index is 1.87. The molecule has 0 unspecified atom stereocenters. The third-order valence-electron chi connectivity index (χ3n) is 4.02. The highest BCUT2D eigenvalue weighted by Gasteiger charge is 2.23. The molecule has 1 aromatic rings. The molecule has 2 rings (SSSR count). The Kier molecular flexibility index (Phi) is 5.57. The molecule has 1 heterocycles. The number of rotatable bonds is 5. The summed E-state index contributed by atoms with van der Waals surface area (Å²) in [4.78, 5) is 24.2. The third kappa shape index (κ3) is 4.08. The monoisotopic (exact) mass is 307 g/mol. The molecule has 0 aliphatic heterocycles. The molecule has 0 atom stereocenters. The van der Waals surface area contributed by atoms with Crippen molar-refractivity contribution in [1.29, 1.82) is 0 Å². The molecular weight excluding hydrogens is 282 g/mol. The van der Waals surface area contributed by atoms with Gasteiger partial charge in [0.25, 0.3) is 5.91 Å². The number of hydrogen-bond acceptors (Lipinski definition) is 4. The molecule has 0 spiro atoms. The predicted octanol–water partition coefficient (Wildman–Crippen LogP) is 2.29. The van der Waals surface area contributed by atoms with Crippen LogP contribution in [0, 0.1) is 6.92 Å². The molecule has 1 fully saturated rings. The molecule has 0 bridgehead atoms. The first kappa shape index (κ1) is 16.5. The summed E-state index contributed by atoms with van der Waals surface area (Å²) >= 11 is 0. The second-order valence-corrected chi connectivity index (χ2v) is 6.25. The van der Waals surface area contributed by atoms with E-state index in [9.17, 15) is 9.59 Å². The molecule has 0 saturated heterocycles. The molecule has 1 saturated carbocycles. The number of carbonyl (C=O) groups excluding carboxylic acids is 2. The maximum atomic E-state index is 12.3. The summed E-state index contributed by atoms with van der Waals surface area (Å²) in [7, 11) is 0. The van der Waals surface area contributed by atoms with Crippen LogP contribution in [0.3, 0.4) is 0 Å². The Labute approximate surface area is 131 Å². The summed E-state index contributed by atoms with van der Waals surface area (Å²) in [6, 6.07) is 0.252. The average molecular weight is 307 g/mol. The normalized spacial score (nSPS) is 15.8. The molecule has 2 amide bonds. The molecule has 1 aromatic heterocycles. The quantitative estimate of drug-likeness (QED) is 0.874. The van der Waals surface area contributed by atoms with Gasteiger partial charge < -0.3 is 15.2 Å². The van der Waals surface area contributed by atoms with Crippen molar-refractivity contribution in [2.45, 2.75) is 64.8 Å². The van der Waals surface area contributed by atoms with E-state index in [1.807, 2.05) is 13.8 Å². The van der Waals surface area contributed by atoms with E-state index in [1.165, 1.54) is 6.42 Å². The summed E-state index contributed by atoms with van der Waals surface area (Å²) in [5, 5.41) is 9.48. The molecule has 0 aromatic carbocycles. The van der Waals surface area contributed by atoms with E-state index in [-0.39, 0.29) is 30.3 Å². The van der Waals surface area contributed by atoms with Gasteiger partial charge in [-0.25, -0.2) is 0 Å². The Hall–Kier alpha value is -1.85. The Morgan fingerprint density at radius 1 is 1.27 bits per heavy atom. The molecule has 6 heteroatoms. The van der Waals surface area contributed by atoms with Crippen LogP contribution in [0.2, 0.25) is 0 Å². The van der Waals surface area contributed by atoms with Crippen molar-refractivity contribution < 1.29 is 14.1 Å². The van der Waals surface area contributed by atoms with Gasteiger partial charge in [0, 0.05) is 12.0 Å². The first-order chi connectivity index (χ1) is 10.5. The zero-order valence-corrected chi connectivity index (χ0v) is 13.6. The second kappa shape index (κ2) is 7.42. The molecule has 1 aliphatic carbocycles. The molecular formula is C16H25N3O3. The fourth-order valence-electron chi connectivity index (χ4n) is 2.83. The number of hydrogen-bond donors (Lipinski definition) is 2. The van der Waals surface area contributed by atoms with E-state index in [0.717, 1.165) is 25.7 Å². The molecule has 22 heavy (non-hydrogen) atoms. The first-order valence-corrected chi connectivity index (χ1v) is 8.02. The van der Waals surface area contributed by atoms with Crippen LogP contribution in [-0.4, -0.2) is 29.6 Å². The lowest BCUT2D eigenvalue weighted by Crippen LogP contribution is -2.42. The minimum absolute atomic E-state index is 0.0164. The minimum Gasteiger partial charge on any atom is -0.360 e. The summed E-state index contributed by atoms with van der Waals surface area (Å²) in [5.74, 6) is 0.183. The van der Waals surface area contributed by atoms with Gasteiger partial charge in [0.05, 0.1) is 12.2 Å². The van der Waals surface area contributed by atoms with Crippen molar-refractivity contribution in [1.82, 2.24) is 15.8 Å². The number of nitrogens with one attached hydrogen (secondary N) is 2. The zero-order valence-electron chi connectivity index (χ0n) is 13.6. The highest BCUT2D eigenvalue weighted by atomic mass is 16.5. The molecule has 6 nitrogen and oxygen atoms in total. The summed E-state index contributed by atoms with van der Waals surface area (Å²) < 4.78 is 5.19. The van der Waals surface area contributed by atoms with Crippen LogP contribution in [0.1, 0.15) is 73.7 Å². The lowest BCUT2D eigenvalue weighted by atomic mass is 9.95. The SMILES string of the molecule is Cc1noc(C(C)C)c1C(=O)NCC(=O)NC1CCCCC1. The topological polar surface area (TPSA) is 84.2 Å². The van der Waals surface area contributed by atoms with Crippen molar-refractivity contribution in [3.8, 4) is 0 Å². The van der Waals surface area contributed by atoms with E-state index >= 15 is 0 Å². The summed E-state index contributed by atoms with van der Waals surface area (Å²) in [6.45, 7) is 5.59. The maximum absolute atomic E-state index is 12.3. The highest BCUT2D eigenvalue weighted by molar-refractivity contribution is 5.98. The Morgan fingerprint density at radius 2 is 1.95 bits per heavy atom. The predicted molar refractivity (Wildman–Crippen MR) is 82.7 cm³/mol.